The van der Waals surface area contributed by atoms with E-state index < -0.39 is 11.7 Å². The van der Waals surface area contributed by atoms with Crippen molar-refractivity contribution in [2.75, 3.05) is 4.90 Å². The number of nitrogens with two attached hydrogens (primary N) is 1. The molecule has 2 heterocycles. The summed E-state index contributed by atoms with van der Waals surface area (Å²) in [5, 5.41) is 0.0278. The van der Waals surface area contributed by atoms with Gasteiger partial charge in [-0.15, -0.1) is 11.3 Å². The summed E-state index contributed by atoms with van der Waals surface area (Å²) in [5.74, 6) is 5.52. The minimum Gasteiger partial charge on any atom is -0.443 e. The highest BCUT2D eigenvalue weighted by Crippen LogP contribution is 2.37. The number of ether oxygens (including phenoxy) is 1. The van der Waals surface area contributed by atoms with Crippen LogP contribution in [0.1, 0.15) is 25.6 Å². The molecule has 1 aromatic carbocycles. The average Bonchev–Trinajstić information content (AvgIpc) is 2.97. The molecule has 3 aromatic rings. The molecule has 3 rings (SSSR count). The summed E-state index contributed by atoms with van der Waals surface area (Å²) in [6.07, 6.45) is -0.560. The highest BCUT2D eigenvalue weighted by atomic mass is 35.5. The van der Waals surface area contributed by atoms with Crippen LogP contribution in [0.15, 0.2) is 36.4 Å². The Balaban J connectivity index is 2.18. The van der Waals surface area contributed by atoms with Crippen molar-refractivity contribution in [1.82, 2.24) is 9.97 Å². The molecule has 0 bridgehead atoms. The van der Waals surface area contributed by atoms with E-state index in [0.29, 0.717) is 21.7 Å². The molecule has 2 aromatic heterocycles. The van der Waals surface area contributed by atoms with E-state index in [1.54, 1.807) is 32.9 Å². The molecule has 7 nitrogen and oxygen atoms in total. The number of para-hydroxylation sites is 1. The fraction of sp³-hybridized carbons (Fsp3) is 0.278. The topological polar surface area (TPSA) is 90.6 Å². The van der Waals surface area contributed by atoms with Gasteiger partial charge in [0.15, 0.2) is 5.82 Å². The van der Waals surface area contributed by atoms with Gasteiger partial charge in [0, 0.05) is 4.88 Å². The molecule has 0 radical (unpaired) electrons. The zero-order valence-corrected chi connectivity index (χ0v) is 16.7. The Labute approximate surface area is 165 Å². The van der Waals surface area contributed by atoms with Crippen LogP contribution in [0.4, 0.5) is 16.3 Å². The molecule has 0 fully saturated rings. The first-order chi connectivity index (χ1) is 12.8. The number of benzene rings is 1. The summed E-state index contributed by atoms with van der Waals surface area (Å²) < 4.78 is 6.28. The van der Waals surface area contributed by atoms with Crippen molar-refractivity contribution in [1.29, 1.82) is 0 Å². The summed E-state index contributed by atoms with van der Waals surface area (Å²) in [7, 11) is 0. The Morgan fingerprint density at radius 2 is 1.96 bits per heavy atom. The summed E-state index contributed by atoms with van der Waals surface area (Å²) in [5.41, 5.74) is 0.535. The Bertz CT molecular complexity index is 956. The van der Waals surface area contributed by atoms with Gasteiger partial charge in [0.1, 0.15) is 12.2 Å². The van der Waals surface area contributed by atoms with Crippen LogP contribution in [0.2, 0.25) is 5.28 Å². The van der Waals surface area contributed by atoms with E-state index in [0.717, 1.165) is 4.88 Å². The number of fused-ring (bicyclic) bond motifs is 1. The fourth-order valence-electron chi connectivity index (χ4n) is 2.44. The first-order valence-electron chi connectivity index (χ1n) is 8.14. The Morgan fingerprint density at radius 1 is 1.26 bits per heavy atom. The van der Waals surface area contributed by atoms with Gasteiger partial charge in [-0.05, 0) is 50.6 Å². The van der Waals surface area contributed by atoms with Gasteiger partial charge in [0.05, 0.1) is 15.9 Å². The standard InChI is InChI=1S/C18H19ClN4O3S/c1-18(2,3)26-17(24)23(11-7-5-4-6-8-11)15-14-13(21-16(19)22-15)9-12(27-14)10-25-20/h4-9H,10,20H2,1-3H3. The number of aromatic nitrogens is 2. The van der Waals surface area contributed by atoms with Crippen LogP contribution in [0.3, 0.4) is 0 Å². The van der Waals surface area contributed by atoms with Crippen LogP contribution in [0.25, 0.3) is 10.2 Å². The number of rotatable bonds is 4. The number of carbonyl (C=O) groups is 1. The van der Waals surface area contributed by atoms with Crippen molar-refractivity contribution in [3.63, 3.8) is 0 Å². The van der Waals surface area contributed by atoms with Crippen molar-refractivity contribution >= 4 is 50.8 Å². The molecule has 2 N–H and O–H groups in total. The molecule has 0 unspecified atom stereocenters. The molecule has 1 amide bonds. The van der Waals surface area contributed by atoms with Gasteiger partial charge in [0.2, 0.25) is 5.28 Å². The fourth-order valence-corrected chi connectivity index (χ4v) is 3.61. The second-order valence-corrected chi connectivity index (χ2v) is 8.18. The third-order valence-electron chi connectivity index (χ3n) is 3.41. The number of hydrogen-bond acceptors (Lipinski definition) is 7. The molecule has 0 aliphatic carbocycles. The zero-order valence-electron chi connectivity index (χ0n) is 15.1. The Morgan fingerprint density at radius 3 is 2.59 bits per heavy atom. The minimum absolute atomic E-state index is 0.0278. The van der Waals surface area contributed by atoms with Gasteiger partial charge >= 0.3 is 6.09 Å². The maximum atomic E-state index is 13.0. The second kappa shape index (κ2) is 7.77. The highest BCUT2D eigenvalue weighted by Gasteiger charge is 2.28. The molecule has 0 saturated carbocycles. The number of halogens is 1. The molecule has 27 heavy (non-hydrogen) atoms. The lowest BCUT2D eigenvalue weighted by molar-refractivity contribution is 0.0598. The molecular weight excluding hydrogens is 388 g/mol. The summed E-state index contributed by atoms with van der Waals surface area (Å²) >= 11 is 7.50. The van der Waals surface area contributed by atoms with Crippen molar-refractivity contribution in [2.24, 2.45) is 5.90 Å². The Hall–Kier alpha value is -2.26. The van der Waals surface area contributed by atoms with E-state index in [2.05, 4.69) is 9.97 Å². The lowest BCUT2D eigenvalue weighted by Gasteiger charge is -2.27. The summed E-state index contributed by atoms with van der Waals surface area (Å²) in [4.78, 5) is 28.5. The quantitative estimate of drug-likeness (QED) is 0.494. The van der Waals surface area contributed by atoms with Crippen LogP contribution in [0, 0.1) is 0 Å². The van der Waals surface area contributed by atoms with E-state index >= 15 is 0 Å². The van der Waals surface area contributed by atoms with Crippen LogP contribution in [0.5, 0.6) is 0 Å². The first kappa shape index (κ1) is 19.5. The van der Waals surface area contributed by atoms with Crippen molar-refractivity contribution in [2.45, 2.75) is 33.0 Å². The molecular formula is C18H19ClN4O3S. The number of amides is 1. The number of hydrogen-bond donors (Lipinski definition) is 1. The van der Waals surface area contributed by atoms with Gasteiger partial charge < -0.3 is 4.74 Å². The summed E-state index contributed by atoms with van der Waals surface area (Å²) in [6, 6.07) is 10.9. The maximum absolute atomic E-state index is 13.0. The minimum atomic E-state index is -0.673. The van der Waals surface area contributed by atoms with Crippen LogP contribution in [-0.4, -0.2) is 21.7 Å². The van der Waals surface area contributed by atoms with Crippen molar-refractivity contribution < 1.29 is 14.4 Å². The van der Waals surface area contributed by atoms with Gasteiger partial charge in [-0.1, -0.05) is 18.2 Å². The van der Waals surface area contributed by atoms with E-state index in [1.807, 2.05) is 24.3 Å². The van der Waals surface area contributed by atoms with Crippen LogP contribution >= 0.6 is 22.9 Å². The van der Waals surface area contributed by atoms with Gasteiger partial charge in [-0.2, -0.15) is 4.98 Å². The lowest BCUT2D eigenvalue weighted by Crippen LogP contribution is -2.34. The molecule has 0 aliphatic heterocycles. The summed E-state index contributed by atoms with van der Waals surface area (Å²) in [6.45, 7) is 5.63. The molecule has 142 valence electrons. The third-order valence-corrected chi connectivity index (χ3v) is 4.67. The number of carbonyl (C=O) groups excluding carboxylic acids is 1. The lowest BCUT2D eigenvalue weighted by atomic mass is 10.2. The predicted molar refractivity (Wildman–Crippen MR) is 106 cm³/mol. The molecule has 0 saturated heterocycles. The van der Waals surface area contributed by atoms with Crippen molar-refractivity contribution in [3.8, 4) is 0 Å². The van der Waals surface area contributed by atoms with Gasteiger partial charge in [0.25, 0.3) is 0 Å². The zero-order chi connectivity index (χ0) is 19.6. The molecule has 0 aliphatic rings. The maximum Gasteiger partial charge on any atom is 0.420 e. The second-order valence-electron chi connectivity index (χ2n) is 6.71. The first-order valence-corrected chi connectivity index (χ1v) is 9.34. The van der Waals surface area contributed by atoms with E-state index in [1.165, 1.54) is 16.2 Å². The number of nitrogens with zero attached hydrogens (tertiary/aromatic N) is 3. The van der Waals surface area contributed by atoms with E-state index in [-0.39, 0.29) is 11.9 Å². The SMILES string of the molecule is CC(C)(C)OC(=O)N(c1ccccc1)c1nc(Cl)nc2cc(CON)sc12. The number of thiophene rings is 1. The monoisotopic (exact) mass is 406 g/mol. The molecule has 0 spiro atoms. The van der Waals surface area contributed by atoms with Gasteiger partial charge in [-0.25, -0.2) is 20.6 Å². The van der Waals surface area contributed by atoms with Crippen LogP contribution in [-0.2, 0) is 16.2 Å². The average molecular weight is 407 g/mol. The van der Waals surface area contributed by atoms with Crippen molar-refractivity contribution in [3.05, 3.63) is 46.6 Å². The van der Waals surface area contributed by atoms with E-state index in [9.17, 15) is 4.79 Å². The third kappa shape index (κ3) is 4.54. The van der Waals surface area contributed by atoms with E-state index in [4.69, 9.17) is 27.1 Å². The highest BCUT2D eigenvalue weighted by molar-refractivity contribution is 7.19. The van der Waals surface area contributed by atoms with Gasteiger partial charge in [-0.3, -0.25) is 4.84 Å². The smallest absolute Gasteiger partial charge is 0.420 e. The largest absolute Gasteiger partial charge is 0.443 e. The molecule has 0 atom stereocenters. The predicted octanol–water partition coefficient (Wildman–Crippen LogP) is 4.81. The molecule has 9 heteroatoms. The van der Waals surface area contributed by atoms with Crippen LogP contribution < -0.4 is 10.8 Å². The number of anilines is 2. The Kier molecular flexibility index (Phi) is 5.61. The normalized spacial score (nSPS) is 11.6.